The number of allylic oxidation sites excluding steroid dienone is 28. The number of rotatable bonds is 54. The van der Waals surface area contributed by atoms with Crippen LogP contribution in [0.1, 0.15) is 206 Å². The van der Waals surface area contributed by atoms with Gasteiger partial charge in [0, 0.05) is 12.8 Å². The molecule has 0 fully saturated rings. The van der Waals surface area contributed by atoms with Crippen LogP contribution in [0.25, 0.3) is 0 Å². The van der Waals surface area contributed by atoms with Gasteiger partial charge in [0.1, 0.15) is 19.8 Å². The van der Waals surface area contributed by atoms with Gasteiger partial charge >= 0.3 is 11.9 Å². The molecule has 0 heterocycles. The molecule has 0 aromatic rings. The minimum atomic E-state index is -4.66. The molecule has 0 N–H and O–H groups in total. The number of likely N-dealkylation sites (N-methyl/N-ethyl adjacent to an activating group) is 1. The van der Waals surface area contributed by atoms with Crippen LogP contribution in [0.15, 0.2) is 170 Å². The van der Waals surface area contributed by atoms with Crippen LogP contribution in [0.4, 0.5) is 0 Å². The smallest absolute Gasteiger partial charge is 0.306 e. The summed E-state index contributed by atoms with van der Waals surface area (Å²) in [5, 5.41) is 0. The van der Waals surface area contributed by atoms with Crippen molar-refractivity contribution in [1.82, 2.24) is 0 Å². The maximum atomic E-state index is 12.8. The Morgan fingerprint density at radius 3 is 1.00 bits per heavy atom. The summed E-state index contributed by atoms with van der Waals surface area (Å²) in [7, 11) is 1.12. The van der Waals surface area contributed by atoms with Crippen molar-refractivity contribution in [3.8, 4) is 0 Å². The molecular weight excluding hydrogens is 1010 g/mol. The number of phosphoric ester groups is 1. The van der Waals surface area contributed by atoms with E-state index in [-0.39, 0.29) is 26.1 Å². The summed E-state index contributed by atoms with van der Waals surface area (Å²) in [6.07, 6.45) is 89.7. The number of nitrogens with zero attached hydrogens (tertiary/aromatic N) is 1. The van der Waals surface area contributed by atoms with Crippen molar-refractivity contribution in [2.75, 3.05) is 47.5 Å². The third-order valence-electron chi connectivity index (χ3n) is 12.2. The second-order valence-electron chi connectivity index (χ2n) is 20.9. The first kappa shape index (κ1) is 75.4. The summed E-state index contributed by atoms with van der Waals surface area (Å²) in [6, 6.07) is 0. The van der Waals surface area contributed by atoms with E-state index in [1.54, 1.807) is 0 Å². The summed E-state index contributed by atoms with van der Waals surface area (Å²) in [6.45, 7) is 3.94. The van der Waals surface area contributed by atoms with Crippen LogP contribution in [-0.2, 0) is 32.7 Å². The molecule has 10 heteroatoms. The molecule has 2 unspecified atom stereocenters. The Hall–Kier alpha value is -4.63. The van der Waals surface area contributed by atoms with Crippen LogP contribution < -0.4 is 4.89 Å². The monoisotopic (exact) mass is 1130 g/mol. The highest BCUT2D eigenvalue weighted by Gasteiger charge is 2.21. The van der Waals surface area contributed by atoms with Crippen molar-refractivity contribution in [2.24, 2.45) is 0 Å². The fraction of sp³-hybridized carbons (Fsp3) is 0.571. The van der Waals surface area contributed by atoms with Crippen molar-refractivity contribution in [2.45, 2.75) is 213 Å². The maximum absolute atomic E-state index is 12.8. The number of ether oxygens (including phenoxy) is 2. The Morgan fingerprint density at radius 2 is 0.675 bits per heavy atom. The van der Waals surface area contributed by atoms with Gasteiger partial charge in [-0.05, 0) is 128 Å². The number of unbranched alkanes of at least 4 members (excludes halogenated alkanes) is 12. The second-order valence-corrected chi connectivity index (χ2v) is 22.4. The number of carbonyl (C=O) groups is 2. The van der Waals surface area contributed by atoms with E-state index in [2.05, 4.69) is 184 Å². The fourth-order valence-corrected chi connectivity index (χ4v) is 8.28. The SMILES string of the molecule is CC/C=C\C/C=C\C/C=C\C/C=C\C/C=C\C/C=C\C/C=C\C/C=C\CCCCCCCCCCC(=O)OC(COC(=O)CCCCCC/C=C\C/C=C\C/C=C\C/C=C\C/C=C\C/C=C\CC)COP(=O)([O-])OCC[N+](C)(C)C. The molecular formula is C70H112NO8P. The molecule has 0 aromatic carbocycles. The average Bonchev–Trinajstić information content (AvgIpc) is 3.42. The van der Waals surface area contributed by atoms with E-state index in [1.807, 2.05) is 21.1 Å². The van der Waals surface area contributed by atoms with Gasteiger partial charge in [-0.25, -0.2) is 0 Å². The minimum Gasteiger partial charge on any atom is -0.756 e. The average molecular weight is 1130 g/mol. The largest absolute Gasteiger partial charge is 0.756 e. The lowest BCUT2D eigenvalue weighted by Crippen LogP contribution is -2.37. The van der Waals surface area contributed by atoms with Crippen LogP contribution in [-0.4, -0.2) is 70.0 Å². The zero-order chi connectivity index (χ0) is 58.4. The molecule has 0 radical (unpaired) electrons. The Bertz CT molecular complexity index is 1950. The molecule has 0 aromatic heterocycles. The highest BCUT2D eigenvalue weighted by molar-refractivity contribution is 7.45. The van der Waals surface area contributed by atoms with Crippen LogP contribution in [0.3, 0.4) is 0 Å². The first-order valence-electron chi connectivity index (χ1n) is 30.8. The van der Waals surface area contributed by atoms with E-state index in [9.17, 15) is 19.0 Å². The van der Waals surface area contributed by atoms with E-state index in [1.165, 1.54) is 25.7 Å². The molecule has 2 atom stereocenters. The Kier molecular flexibility index (Phi) is 55.6. The molecule has 0 rings (SSSR count). The van der Waals surface area contributed by atoms with Crippen molar-refractivity contribution < 1.29 is 42.1 Å². The molecule has 9 nitrogen and oxygen atoms in total. The summed E-state index contributed by atoms with van der Waals surface area (Å²) < 4.78 is 34.2. The third-order valence-corrected chi connectivity index (χ3v) is 13.2. The first-order valence-corrected chi connectivity index (χ1v) is 32.3. The summed E-state index contributed by atoms with van der Waals surface area (Å²) in [4.78, 5) is 37.9. The van der Waals surface area contributed by atoms with Gasteiger partial charge in [0.2, 0.25) is 0 Å². The molecule has 0 bridgehead atoms. The first-order chi connectivity index (χ1) is 39.0. The van der Waals surface area contributed by atoms with Crippen LogP contribution in [0.5, 0.6) is 0 Å². The maximum Gasteiger partial charge on any atom is 0.306 e. The molecule has 0 aliphatic heterocycles. The van der Waals surface area contributed by atoms with Gasteiger partial charge in [-0.15, -0.1) is 0 Å². The Balaban J connectivity index is 4.26. The lowest BCUT2D eigenvalue weighted by molar-refractivity contribution is -0.870. The number of quaternary nitrogens is 1. The van der Waals surface area contributed by atoms with E-state index < -0.39 is 32.5 Å². The molecule has 0 aliphatic rings. The molecule has 0 aliphatic carbocycles. The van der Waals surface area contributed by atoms with Crippen molar-refractivity contribution in [3.05, 3.63) is 170 Å². The van der Waals surface area contributed by atoms with Crippen molar-refractivity contribution in [1.29, 1.82) is 0 Å². The predicted molar refractivity (Wildman–Crippen MR) is 341 cm³/mol. The highest BCUT2D eigenvalue weighted by Crippen LogP contribution is 2.38. The van der Waals surface area contributed by atoms with Crippen molar-refractivity contribution in [3.63, 3.8) is 0 Å². The van der Waals surface area contributed by atoms with Crippen molar-refractivity contribution >= 4 is 19.8 Å². The van der Waals surface area contributed by atoms with Gasteiger partial charge < -0.3 is 27.9 Å². The number of hydrogen-bond donors (Lipinski definition) is 0. The molecule has 0 saturated heterocycles. The third kappa shape index (κ3) is 62.6. The second kappa shape index (κ2) is 59.0. The summed E-state index contributed by atoms with van der Waals surface area (Å²) in [5.41, 5.74) is 0. The topological polar surface area (TPSA) is 111 Å². The standard InChI is InChI=1S/C70H112NO8P/c1-6-8-10-12-14-16-18-20-22-24-26-28-30-31-32-33-34-35-36-37-38-39-41-43-45-47-49-51-53-55-57-59-61-63-70(73)79-68(67-78-80(74,75)77-65-64-71(3,4)5)66-76-69(72)62-60-58-56-54-52-50-48-46-44-42-40-29-27-25-23-21-19-17-15-13-11-9-7-2/h8-11,14-17,20-23,26-29,31-32,34-35,37-38,41-44,48,50,68H,6-7,12-13,18-19,24-25,30,33,36,39-40,45-47,49,51-67H2,1-5H3/b10-8-,11-9-,16-14-,17-15-,22-20-,23-21-,28-26-,29-27-,32-31-,35-34-,38-37-,43-41-,44-42-,50-48-. The molecule has 0 spiro atoms. The van der Waals surface area contributed by atoms with Gasteiger partial charge in [-0.3, -0.25) is 14.2 Å². The van der Waals surface area contributed by atoms with Gasteiger partial charge in [0.25, 0.3) is 7.82 Å². The van der Waals surface area contributed by atoms with Gasteiger partial charge in [0.15, 0.2) is 6.10 Å². The molecule has 450 valence electrons. The van der Waals surface area contributed by atoms with Crippen LogP contribution >= 0.6 is 7.82 Å². The zero-order valence-corrected chi connectivity index (χ0v) is 51.8. The molecule has 0 saturated carbocycles. The molecule has 80 heavy (non-hydrogen) atoms. The minimum absolute atomic E-state index is 0.0474. The zero-order valence-electron chi connectivity index (χ0n) is 50.9. The van der Waals surface area contributed by atoms with Crippen LogP contribution in [0, 0.1) is 0 Å². The van der Waals surface area contributed by atoms with E-state index in [0.29, 0.717) is 23.9 Å². The number of hydrogen-bond acceptors (Lipinski definition) is 8. The van der Waals surface area contributed by atoms with Gasteiger partial charge in [-0.1, -0.05) is 235 Å². The van der Waals surface area contributed by atoms with Gasteiger partial charge in [-0.2, -0.15) is 0 Å². The normalized spacial score (nSPS) is 14.4. The highest BCUT2D eigenvalue weighted by atomic mass is 31.2. The van der Waals surface area contributed by atoms with Gasteiger partial charge in [0.05, 0.1) is 27.7 Å². The Morgan fingerprint density at radius 1 is 0.388 bits per heavy atom. The number of carbonyl (C=O) groups excluding carboxylic acids is 2. The lowest BCUT2D eigenvalue weighted by atomic mass is 10.1. The summed E-state index contributed by atoms with van der Waals surface area (Å²) in [5.74, 6) is -0.887. The lowest BCUT2D eigenvalue weighted by Gasteiger charge is -2.28. The number of esters is 2. The quantitative estimate of drug-likeness (QED) is 0.0195. The number of phosphoric acid groups is 1. The summed E-state index contributed by atoms with van der Waals surface area (Å²) >= 11 is 0. The fourth-order valence-electron chi connectivity index (χ4n) is 7.56. The van der Waals surface area contributed by atoms with E-state index in [0.717, 1.165) is 141 Å². The van der Waals surface area contributed by atoms with E-state index >= 15 is 0 Å². The predicted octanol–water partition coefficient (Wildman–Crippen LogP) is 19.2. The Labute approximate surface area is 489 Å². The molecule has 0 amide bonds. The van der Waals surface area contributed by atoms with E-state index in [4.69, 9.17) is 18.5 Å². The van der Waals surface area contributed by atoms with Crippen LogP contribution in [0.2, 0.25) is 0 Å².